The van der Waals surface area contributed by atoms with Gasteiger partial charge in [-0.25, -0.2) is 4.39 Å². The molecule has 0 bridgehead atoms. The first kappa shape index (κ1) is 17.4. The van der Waals surface area contributed by atoms with Gasteiger partial charge < -0.3 is 16.0 Å². The van der Waals surface area contributed by atoms with E-state index in [-0.39, 0.29) is 36.5 Å². The Morgan fingerprint density at radius 1 is 1.29 bits per heavy atom. The Kier molecular flexibility index (Phi) is 6.58. The summed E-state index contributed by atoms with van der Waals surface area (Å²) in [5.41, 5.74) is 0.509. The molecule has 3 N–H and O–H groups in total. The molecule has 0 radical (unpaired) electrons. The second-order valence-electron chi connectivity index (χ2n) is 5.00. The summed E-state index contributed by atoms with van der Waals surface area (Å²) in [6, 6.07) is 4.06. The fraction of sp³-hybridized carbons (Fsp3) is 0.429. The van der Waals surface area contributed by atoms with Crippen molar-refractivity contribution in [2.45, 2.75) is 19.8 Å². The van der Waals surface area contributed by atoms with Gasteiger partial charge in [-0.05, 0) is 43.5 Å². The van der Waals surface area contributed by atoms with E-state index in [2.05, 4.69) is 16.0 Å². The smallest absolute Gasteiger partial charge is 0.238 e. The van der Waals surface area contributed by atoms with Gasteiger partial charge in [-0.1, -0.05) is 0 Å². The number of carbonyl (C=O) groups excluding carboxylic acids is 2. The quantitative estimate of drug-likeness (QED) is 0.753. The van der Waals surface area contributed by atoms with Gasteiger partial charge in [0.15, 0.2) is 0 Å². The van der Waals surface area contributed by atoms with Crippen molar-refractivity contribution in [3.8, 4) is 0 Å². The number of rotatable bonds is 6. The molecular formula is C14H19ClFN3O2. The van der Waals surface area contributed by atoms with Crippen LogP contribution in [0.1, 0.15) is 19.8 Å². The Bertz CT molecular complexity index is 521. The highest BCUT2D eigenvalue weighted by Crippen LogP contribution is 2.27. The first-order chi connectivity index (χ1) is 9.54. The number of hydrogen-bond acceptors (Lipinski definition) is 3. The number of nitrogens with one attached hydrogen (secondary N) is 3. The van der Waals surface area contributed by atoms with Crippen molar-refractivity contribution < 1.29 is 14.0 Å². The Hall–Kier alpha value is -1.66. The molecule has 5 nitrogen and oxygen atoms in total. The molecule has 0 heterocycles. The van der Waals surface area contributed by atoms with Crippen molar-refractivity contribution in [2.24, 2.45) is 5.92 Å². The summed E-state index contributed by atoms with van der Waals surface area (Å²) in [5.74, 6) is -0.380. The Balaban J connectivity index is 0.00000220. The molecule has 0 unspecified atom stereocenters. The number of halogens is 2. The molecule has 0 aliphatic heterocycles. The van der Waals surface area contributed by atoms with E-state index >= 15 is 0 Å². The van der Waals surface area contributed by atoms with E-state index in [1.807, 2.05) is 0 Å². The van der Waals surface area contributed by atoms with Gasteiger partial charge >= 0.3 is 0 Å². The van der Waals surface area contributed by atoms with E-state index in [1.165, 1.54) is 38.0 Å². The maximum absolute atomic E-state index is 13.4. The molecule has 1 aliphatic carbocycles. The van der Waals surface area contributed by atoms with E-state index in [1.54, 1.807) is 0 Å². The molecule has 1 fully saturated rings. The molecule has 0 spiro atoms. The van der Waals surface area contributed by atoms with Crippen LogP contribution in [0.4, 0.5) is 15.8 Å². The lowest BCUT2D eigenvalue weighted by atomic mass is 10.2. The highest BCUT2D eigenvalue weighted by atomic mass is 35.5. The van der Waals surface area contributed by atoms with Crippen LogP contribution in [0.2, 0.25) is 0 Å². The molecule has 21 heavy (non-hydrogen) atoms. The number of hydrogen-bond donors (Lipinski definition) is 3. The summed E-state index contributed by atoms with van der Waals surface area (Å²) in [4.78, 5) is 22.6. The summed E-state index contributed by atoms with van der Waals surface area (Å²) in [7, 11) is 0. The fourth-order valence-electron chi connectivity index (χ4n) is 1.81. The van der Waals surface area contributed by atoms with E-state index in [0.29, 0.717) is 11.6 Å². The van der Waals surface area contributed by atoms with Crippen LogP contribution in [0.15, 0.2) is 18.2 Å². The average Bonchev–Trinajstić information content (AvgIpc) is 3.17. The topological polar surface area (TPSA) is 70.2 Å². The largest absolute Gasteiger partial charge is 0.325 e. The Morgan fingerprint density at radius 2 is 2.00 bits per heavy atom. The Labute approximate surface area is 129 Å². The van der Waals surface area contributed by atoms with Crippen LogP contribution in [-0.4, -0.2) is 24.9 Å². The third kappa shape index (κ3) is 6.10. The van der Waals surface area contributed by atoms with Crippen LogP contribution in [0.3, 0.4) is 0 Å². The van der Waals surface area contributed by atoms with Gasteiger partial charge in [0, 0.05) is 12.6 Å². The third-order valence-electron chi connectivity index (χ3n) is 2.98. The zero-order valence-electron chi connectivity index (χ0n) is 11.7. The minimum Gasteiger partial charge on any atom is -0.325 e. The summed E-state index contributed by atoms with van der Waals surface area (Å²) in [6.45, 7) is 2.38. The molecule has 7 heteroatoms. The number of amides is 2. The normalized spacial score (nSPS) is 13.2. The Morgan fingerprint density at radius 3 is 2.62 bits per heavy atom. The van der Waals surface area contributed by atoms with Gasteiger partial charge in [0.1, 0.15) is 5.82 Å². The predicted molar refractivity (Wildman–Crippen MR) is 82.2 cm³/mol. The SMILES string of the molecule is CC(=O)Nc1cc(NC(=O)CNCC2CC2)ccc1F.Cl. The van der Waals surface area contributed by atoms with Crippen molar-refractivity contribution in [2.75, 3.05) is 23.7 Å². The monoisotopic (exact) mass is 315 g/mol. The van der Waals surface area contributed by atoms with Crippen LogP contribution in [-0.2, 0) is 9.59 Å². The molecule has 0 aromatic heterocycles. The molecule has 1 aliphatic rings. The molecule has 1 aromatic rings. The van der Waals surface area contributed by atoms with Crippen LogP contribution in [0, 0.1) is 11.7 Å². The minimum atomic E-state index is -0.537. The number of carbonyl (C=O) groups is 2. The molecular weight excluding hydrogens is 297 g/mol. The fourth-order valence-corrected chi connectivity index (χ4v) is 1.81. The molecule has 0 saturated heterocycles. The molecule has 1 aromatic carbocycles. The van der Waals surface area contributed by atoms with Crippen LogP contribution < -0.4 is 16.0 Å². The van der Waals surface area contributed by atoms with Gasteiger partial charge in [0.2, 0.25) is 11.8 Å². The summed E-state index contributed by atoms with van der Waals surface area (Å²) in [6.07, 6.45) is 2.46. The number of anilines is 2. The predicted octanol–water partition coefficient (Wildman–Crippen LogP) is 2.14. The van der Waals surface area contributed by atoms with Crippen molar-refractivity contribution in [3.05, 3.63) is 24.0 Å². The second-order valence-corrected chi connectivity index (χ2v) is 5.00. The van der Waals surface area contributed by atoms with Gasteiger partial charge in [-0.2, -0.15) is 0 Å². The van der Waals surface area contributed by atoms with Crippen LogP contribution in [0.25, 0.3) is 0 Å². The van der Waals surface area contributed by atoms with Crippen LogP contribution in [0.5, 0.6) is 0 Å². The van der Waals surface area contributed by atoms with E-state index < -0.39 is 5.82 Å². The lowest BCUT2D eigenvalue weighted by molar-refractivity contribution is -0.115. The second kappa shape index (κ2) is 7.95. The summed E-state index contributed by atoms with van der Waals surface area (Å²) in [5, 5.41) is 8.10. The van der Waals surface area contributed by atoms with Crippen molar-refractivity contribution in [1.29, 1.82) is 0 Å². The summed E-state index contributed by atoms with van der Waals surface area (Å²) < 4.78 is 13.4. The standard InChI is InChI=1S/C14H18FN3O2.ClH/c1-9(19)17-13-6-11(4-5-12(13)15)18-14(20)8-16-7-10-2-3-10;/h4-6,10,16H,2-3,7-8H2,1H3,(H,17,19)(H,18,20);1H. The van der Waals surface area contributed by atoms with E-state index in [0.717, 1.165) is 6.54 Å². The molecule has 2 rings (SSSR count). The lowest BCUT2D eigenvalue weighted by Crippen LogP contribution is -2.29. The van der Waals surface area contributed by atoms with E-state index in [4.69, 9.17) is 0 Å². The minimum absolute atomic E-state index is 0. The van der Waals surface area contributed by atoms with Crippen molar-refractivity contribution >= 4 is 35.6 Å². The highest BCUT2D eigenvalue weighted by Gasteiger charge is 2.20. The van der Waals surface area contributed by atoms with Crippen LogP contribution >= 0.6 is 12.4 Å². The van der Waals surface area contributed by atoms with Gasteiger partial charge in [-0.15, -0.1) is 12.4 Å². The van der Waals surface area contributed by atoms with Crippen molar-refractivity contribution in [3.63, 3.8) is 0 Å². The zero-order chi connectivity index (χ0) is 14.5. The first-order valence-corrected chi connectivity index (χ1v) is 6.62. The molecule has 0 atom stereocenters. The zero-order valence-corrected chi connectivity index (χ0v) is 12.6. The van der Waals surface area contributed by atoms with E-state index in [9.17, 15) is 14.0 Å². The molecule has 2 amide bonds. The van der Waals surface area contributed by atoms with Gasteiger partial charge in [-0.3, -0.25) is 9.59 Å². The average molecular weight is 316 g/mol. The highest BCUT2D eigenvalue weighted by molar-refractivity contribution is 5.94. The maximum atomic E-state index is 13.4. The van der Waals surface area contributed by atoms with Crippen molar-refractivity contribution in [1.82, 2.24) is 5.32 Å². The first-order valence-electron chi connectivity index (χ1n) is 6.62. The van der Waals surface area contributed by atoms with Gasteiger partial charge in [0.25, 0.3) is 0 Å². The maximum Gasteiger partial charge on any atom is 0.238 e. The lowest BCUT2D eigenvalue weighted by Gasteiger charge is -2.09. The molecule has 116 valence electrons. The summed E-state index contributed by atoms with van der Waals surface area (Å²) >= 11 is 0. The number of benzene rings is 1. The molecule has 1 saturated carbocycles. The van der Waals surface area contributed by atoms with Gasteiger partial charge in [0.05, 0.1) is 12.2 Å². The third-order valence-corrected chi connectivity index (χ3v) is 2.98.